The highest BCUT2D eigenvalue weighted by atomic mass is 16.4. The third kappa shape index (κ3) is 4.38. The average Bonchev–Trinajstić information content (AvgIpc) is 2.43. The highest BCUT2D eigenvalue weighted by molar-refractivity contribution is 5.74. The van der Waals surface area contributed by atoms with Gasteiger partial charge < -0.3 is 20.4 Å². The maximum Gasteiger partial charge on any atom is 0.317 e. The van der Waals surface area contributed by atoms with Crippen molar-refractivity contribution in [2.24, 2.45) is 11.8 Å². The lowest BCUT2D eigenvalue weighted by atomic mass is 9.79. The summed E-state index contributed by atoms with van der Waals surface area (Å²) in [7, 11) is 1.62. The van der Waals surface area contributed by atoms with Crippen molar-refractivity contribution < 1.29 is 19.8 Å². The van der Waals surface area contributed by atoms with Crippen LogP contribution in [-0.2, 0) is 4.79 Å². The Hall–Kier alpha value is -1.30. The molecule has 0 radical (unpaired) electrons. The summed E-state index contributed by atoms with van der Waals surface area (Å²) < 4.78 is 0. The maximum atomic E-state index is 11.8. The molecule has 19 heavy (non-hydrogen) atoms. The second-order valence-electron chi connectivity index (χ2n) is 5.32. The molecule has 0 spiro atoms. The molecule has 1 aliphatic rings. The number of hydrogen-bond acceptors (Lipinski definition) is 3. The average molecular weight is 272 g/mol. The molecule has 110 valence electrons. The first kappa shape index (κ1) is 15.8. The molecule has 0 aromatic carbocycles. The number of carboxylic acids is 1. The van der Waals surface area contributed by atoms with Gasteiger partial charge >= 0.3 is 12.0 Å². The quantitative estimate of drug-likeness (QED) is 0.693. The third-order valence-electron chi connectivity index (χ3n) is 3.99. The zero-order valence-electron chi connectivity index (χ0n) is 11.6. The zero-order chi connectivity index (χ0) is 14.4. The Bertz CT molecular complexity index is 322. The minimum absolute atomic E-state index is 0.00744. The first-order chi connectivity index (χ1) is 8.97. The van der Waals surface area contributed by atoms with Crippen LogP contribution in [0.3, 0.4) is 0 Å². The molecule has 0 aromatic heterocycles. The minimum Gasteiger partial charge on any atom is -0.481 e. The normalized spacial score (nSPS) is 24.6. The number of rotatable bonds is 5. The van der Waals surface area contributed by atoms with Crippen LogP contribution < -0.4 is 5.32 Å². The molecular formula is C13H24N2O4. The van der Waals surface area contributed by atoms with Gasteiger partial charge in [-0.3, -0.25) is 4.79 Å². The number of nitrogens with one attached hydrogen (secondary N) is 1. The van der Waals surface area contributed by atoms with Gasteiger partial charge in [0, 0.05) is 13.6 Å². The van der Waals surface area contributed by atoms with Crippen LogP contribution in [0.5, 0.6) is 0 Å². The van der Waals surface area contributed by atoms with Gasteiger partial charge in [0.1, 0.15) is 0 Å². The lowest BCUT2D eigenvalue weighted by Gasteiger charge is -2.30. The smallest absolute Gasteiger partial charge is 0.317 e. The Labute approximate surface area is 113 Å². The predicted molar refractivity (Wildman–Crippen MR) is 70.8 cm³/mol. The molecule has 0 aliphatic heterocycles. The Morgan fingerprint density at radius 2 is 2.00 bits per heavy atom. The Morgan fingerprint density at radius 1 is 1.37 bits per heavy atom. The van der Waals surface area contributed by atoms with Crippen LogP contribution in [0.1, 0.15) is 32.6 Å². The molecular weight excluding hydrogens is 248 g/mol. The summed E-state index contributed by atoms with van der Waals surface area (Å²) in [6.45, 7) is 2.05. The second kappa shape index (κ2) is 7.33. The summed E-state index contributed by atoms with van der Waals surface area (Å²) in [5.74, 6) is -1.11. The van der Waals surface area contributed by atoms with E-state index in [4.69, 9.17) is 10.2 Å². The monoisotopic (exact) mass is 272 g/mol. The number of nitrogens with zero attached hydrogens (tertiary/aromatic N) is 1. The first-order valence-corrected chi connectivity index (χ1v) is 6.81. The van der Waals surface area contributed by atoms with E-state index in [1.807, 2.05) is 0 Å². The first-order valence-electron chi connectivity index (χ1n) is 6.81. The molecule has 0 aromatic rings. The van der Waals surface area contributed by atoms with Crippen LogP contribution in [0, 0.1) is 11.8 Å². The van der Waals surface area contributed by atoms with Gasteiger partial charge in [0.2, 0.25) is 0 Å². The van der Waals surface area contributed by atoms with Gasteiger partial charge in [0.25, 0.3) is 0 Å². The molecule has 6 nitrogen and oxygen atoms in total. The van der Waals surface area contributed by atoms with Gasteiger partial charge in [-0.25, -0.2) is 4.79 Å². The summed E-state index contributed by atoms with van der Waals surface area (Å²) >= 11 is 0. The lowest BCUT2D eigenvalue weighted by Crippen LogP contribution is -2.46. The molecule has 6 heteroatoms. The van der Waals surface area contributed by atoms with Crippen molar-refractivity contribution in [3.63, 3.8) is 0 Å². The fourth-order valence-electron chi connectivity index (χ4n) is 2.44. The number of aliphatic hydroxyl groups excluding tert-OH is 1. The van der Waals surface area contributed by atoms with Crippen molar-refractivity contribution in [2.75, 3.05) is 20.2 Å². The summed E-state index contributed by atoms with van der Waals surface area (Å²) in [6, 6.07) is -0.516. The van der Waals surface area contributed by atoms with E-state index >= 15 is 0 Å². The molecule has 1 fully saturated rings. The van der Waals surface area contributed by atoms with E-state index in [0.717, 1.165) is 19.3 Å². The van der Waals surface area contributed by atoms with E-state index in [2.05, 4.69) is 5.32 Å². The second-order valence-corrected chi connectivity index (χ2v) is 5.32. The number of urea groups is 1. The van der Waals surface area contributed by atoms with Gasteiger partial charge in [-0.2, -0.15) is 0 Å². The van der Waals surface area contributed by atoms with Gasteiger partial charge in [-0.1, -0.05) is 12.8 Å². The summed E-state index contributed by atoms with van der Waals surface area (Å²) in [4.78, 5) is 24.4. The number of hydrogen-bond donors (Lipinski definition) is 3. The van der Waals surface area contributed by atoms with Gasteiger partial charge in [0.05, 0.1) is 18.6 Å². The lowest BCUT2D eigenvalue weighted by molar-refractivity contribution is -0.144. The van der Waals surface area contributed by atoms with Crippen LogP contribution in [0.4, 0.5) is 4.79 Å². The Balaban J connectivity index is 2.46. The third-order valence-corrected chi connectivity index (χ3v) is 3.99. The van der Waals surface area contributed by atoms with Crippen molar-refractivity contribution in [1.82, 2.24) is 10.2 Å². The van der Waals surface area contributed by atoms with Crippen molar-refractivity contribution in [3.8, 4) is 0 Å². The fourth-order valence-corrected chi connectivity index (χ4v) is 2.44. The molecule has 0 bridgehead atoms. The zero-order valence-corrected chi connectivity index (χ0v) is 11.6. The van der Waals surface area contributed by atoms with E-state index < -0.39 is 5.97 Å². The van der Waals surface area contributed by atoms with Crippen LogP contribution >= 0.6 is 0 Å². The van der Waals surface area contributed by atoms with E-state index in [0.29, 0.717) is 13.0 Å². The number of amides is 2. The minimum atomic E-state index is -0.768. The van der Waals surface area contributed by atoms with Gasteiger partial charge in [0.15, 0.2) is 0 Å². The number of carboxylic acid groups (broad SMARTS) is 1. The standard InChI is InChI=1S/C13H24N2O4/c1-9(8-16)15(2)13(19)14-7-10-5-3-4-6-11(10)12(17)18/h9-11,16H,3-8H2,1-2H3,(H,14,19)(H,17,18). The topological polar surface area (TPSA) is 89.9 Å². The SMILES string of the molecule is CC(CO)N(C)C(=O)NCC1CCCCC1C(=O)O. The largest absolute Gasteiger partial charge is 0.481 e. The number of aliphatic hydroxyl groups is 1. The molecule has 3 unspecified atom stereocenters. The number of carbonyl (C=O) groups is 2. The van der Waals surface area contributed by atoms with Crippen molar-refractivity contribution >= 4 is 12.0 Å². The number of aliphatic carboxylic acids is 1. The summed E-state index contributed by atoms with van der Waals surface area (Å²) in [5, 5.41) is 20.9. The summed E-state index contributed by atoms with van der Waals surface area (Å²) in [5.41, 5.74) is 0. The highest BCUT2D eigenvalue weighted by Gasteiger charge is 2.31. The Kier molecular flexibility index (Phi) is 6.08. The highest BCUT2D eigenvalue weighted by Crippen LogP contribution is 2.29. The molecule has 0 saturated heterocycles. The predicted octanol–water partition coefficient (Wildman–Crippen LogP) is 0.900. The maximum absolute atomic E-state index is 11.8. The van der Waals surface area contributed by atoms with Crippen LogP contribution in [0.2, 0.25) is 0 Å². The molecule has 3 atom stereocenters. The van der Waals surface area contributed by atoms with E-state index in [-0.39, 0.29) is 30.5 Å². The molecule has 3 N–H and O–H groups in total. The van der Waals surface area contributed by atoms with Crippen molar-refractivity contribution in [1.29, 1.82) is 0 Å². The van der Waals surface area contributed by atoms with Crippen LogP contribution in [0.15, 0.2) is 0 Å². The number of likely N-dealkylation sites (N-methyl/N-ethyl adjacent to an activating group) is 1. The molecule has 1 aliphatic carbocycles. The van der Waals surface area contributed by atoms with Crippen molar-refractivity contribution in [2.45, 2.75) is 38.6 Å². The van der Waals surface area contributed by atoms with Crippen LogP contribution in [0.25, 0.3) is 0 Å². The van der Waals surface area contributed by atoms with Gasteiger partial charge in [-0.05, 0) is 25.7 Å². The molecule has 2 amide bonds. The Morgan fingerprint density at radius 3 is 2.58 bits per heavy atom. The molecule has 1 rings (SSSR count). The molecule has 0 heterocycles. The van der Waals surface area contributed by atoms with Crippen molar-refractivity contribution in [3.05, 3.63) is 0 Å². The summed E-state index contributed by atoms with van der Waals surface area (Å²) in [6.07, 6.45) is 3.51. The fraction of sp³-hybridized carbons (Fsp3) is 0.846. The van der Waals surface area contributed by atoms with E-state index in [9.17, 15) is 9.59 Å². The van der Waals surface area contributed by atoms with E-state index in [1.165, 1.54) is 4.90 Å². The van der Waals surface area contributed by atoms with Gasteiger partial charge in [-0.15, -0.1) is 0 Å². The number of carbonyl (C=O) groups excluding carboxylic acids is 1. The van der Waals surface area contributed by atoms with E-state index in [1.54, 1.807) is 14.0 Å². The van der Waals surface area contributed by atoms with Crippen LogP contribution in [-0.4, -0.2) is 53.4 Å². The molecule has 1 saturated carbocycles.